The maximum atomic E-state index is 5.53. The second-order valence-corrected chi connectivity index (χ2v) is 2.68. The SMILES string of the molecule is ClC(Cl)c1cccnc1. The van der Waals surface area contributed by atoms with Crippen LogP contribution in [0.3, 0.4) is 0 Å². The average Bonchev–Trinajstić information content (AvgIpc) is 1.90. The van der Waals surface area contributed by atoms with Gasteiger partial charge in [-0.1, -0.05) is 6.07 Å². The fraction of sp³-hybridized carbons (Fsp3) is 0.167. The zero-order chi connectivity index (χ0) is 6.69. The lowest BCUT2D eigenvalue weighted by Crippen LogP contribution is -1.80. The monoisotopic (exact) mass is 161 g/mol. The Labute approximate surface area is 63.6 Å². The van der Waals surface area contributed by atoms with Crippen molar-refractivity contribution in [2.75, 3.05) is 0 Å². The number of aromatic nitrogens is 1. The molecule has 0 unspecified atom stereocenters. The summed E-state index contributed by atoms with van der Waals surface area (Å²) >= 11 is 11.1. The van der Waals surface area contributed by atoms with Crippen LogP contribution >= 0.6 is 23.2 Å². The van der Waals surface area contributed by atoms with Crippen LogP contribution in [0.5, 0.6) is 0 Å². The first-order chi connectivity index (χ1) is 4.30. The molecule has 9 heavy (non-hydrogen) atoms. The highest BCUT2D eigenvalue weighted by Crippen LogP contribution is 2.22. The van der Waals surface area contributed by atoms with Crippen molar-refractivity contribution in [3.63, 3.8) is 0 Å². The summed E-state index contributed by atoms with van der Waals surface area (Å²) in [5.41, 5.74) is 0.834. The minimum atomic E-state index is -0.460. The Bertz CT molecular complexity index is 174. The molecule has 0 aromatic carbocycles. The van der Waals surface area contributed by atoms with Gasteiger partial charge in [0, 0.05) is 18.0 Å². The molecule has 0 radical (unpaired) electrons. The topological polar surface area (TPSA) is 12.9 Å². The van der Waals surface area contributed by atoms with Gasteiger partial charge in [-0.25, -0.2) is 0 Å². The van der Waals surface area contributed by atoms with E-state index >= 15 is 0 Å². The normalized spacial score (nSPS) is 10.1. The Hall–Kier alpha value is -0.270. The summed E-state index contributed by atoms with van der Waals surface area (Å²) in [7, 11) is 0. The number of hydrogen-bond acceptors (Lipinski definition) is 1. The Balaban J connectivity index is 2.85. The molecule has 0 aliphatic rings. The number of halogens is 2. The molecule has 0 atom stereocenters. The van der Waals surface area contributed by atoms with Crippen molar-refractivity contribution in [1.29, 1.82) is 0 Å². The number of pyridine rings is 1. The maximum Gasteiger partial charge on any atom is 0.134 e. The molecule has 0 amide bonds. The van der Waals surface area contributed by atoms with Gasteiger partial charge in [-0.15, -0.1) is 23.2 Å². The lowest BCUT2D eigenvalue weighted by molar-refractivity contribution is 1.23. The van der Waals surface area contributed by atoms with Gasteiger partial charge in [-0.05, 0) is 6.07 Å². The van der Waals surface area contributed by atoms with Crippen molar-refractivity contribution >= 4 is 23.2 Å². The molecule has 0 fully saturated rings. The molecule has 0 bridgehead atoms. The third kappa shape index (κ3) is 1.84. The molecule has 48 valence electrons. The molecule has 0 spiro atoms. The first-order valence-corrected chi connectivity index (χ1v) is 3.36. The van der Waals surface area contributed by atoms with Crippen LogP contribution in [0.1, 0.15) is 10.4 Å². The highest BCUT2D eigenvalue weighted by Gasteiger charge is 1.99. The second kappa shape index (κ2) is 3.04. The van der Waals surface area contributed by atoms with Crippen LogP contribution < -0.4 is 0 Å². The Morgan fingerprint density at radius 1 is 1.44 bits per heavy atom. The summed E-state index contributed by atoms with van der Waals surface area (Å²) < 4.78 is 0. The lowest BCUT2D eigenvalue weighted by Gasteiger charge is -1.96. The van der Waals surface area contributed by atoms with Crippen molar-refractivity contribution in [1.82, 2.24) is 4.98 Å². The molecule has 0 aliphatic heterocycles. The molecule has 1 rings (SSSR count). The van der Waals surface area contributed by atoms with Crippen molar-refractivity contribution in [3.05, 3.63) is 30.1 Å². The van der Waals surface area contributed by atoms with E-state index in [4.69, 9.17) is 23.2 Å². The number of alkyl halides is 2. The van der Waals surface area contributed by atoms with Gasteiger partial charge in [-0.2, -0.15) is 0 Å². The van der Waals surface area contributed by atoms with Crippen molar-refractivity contribution in [2.24, 2.45) is 0 Å². The number of hydrogen-bond donors (Lipinski definition) is 0. The van der Waals surface area contributed by atoms with Crippen LogP contribution in [0.25, 0.3) is 0 Å². The Morgan fingerprint density at radius 3 is 2.56 bits per heavy atom. The average molecular weight is 162 g/mol. The second-order valence-electron chi connectivity index (χ2n) is 1.59. The molecule has 0 saturated heterocycles. The van der Waals surface area contributed by atoms with Gasteiger partial charge in [0.05, 0.1) is 0 Å². The molecule has 0 N–H and O–H groups in total. The summed E-state index contributed by atoms with van der Waals surface area (Å²) in [4.78, 5) is 3.38. The van der Waals surface area contributed by atoms with E-state index in [1.54, 1.807) is 18.5 Å². The summed E-state index contributed by atoms with van der Waals surface area (Å²) in [6.45, 7) is 0. The van der Waals surface area contributed by atoms with Crippen molar-refractivity contribution < 1.29 is 0 Å². The molecule has 0 aliphatic carbocycles. The minimum absolute atomic E-state index is 0.460. The van der Waals surface area contributed by atoms with Crippen LogP contribution in [0.15, 0.2) is 24.5 Å². The van der Waals surface area contributed by atoms with E-state index in [-0.39, 0.29) is 0 Å². The molecular formula is C6H5Cl2N. The van der Waals surface area contributed by atoms with Crippen LogP contribution in [-0.4, -0.2) is 4.98 Å². The zero-order valence-corrected chi connectivity index (χ0v) is 6.10. The van der Waals surface area contributed by atoms with Crippen LogP contribution in [0.2, 0.25) is 0 Å². The predicted molar refractivity (Wildman–Crippen MR) is 38.7 cm³/mol. The maximum absolute atomic E-state index is 5.53. The number of rotatable bonds is 1. The Kier molecular flexibility index (Phi) is 2.31. The van der Waals surface area contributed by atoms with Crippen molar-refractivity contribution in [2.45, 2.75) is 4.84 Å². The summed E-state index contributed by atoms with van der Waals surface area (Å²) in [5.74, 6) is 0. The lowest BCUT2D eigenvalue weighted by atomic mass is 10.3. The van der Waals surface area contributed by atoms with E-state index in [1.807, 2.05) is 6.07 Å². The van der Waals surface area contributed by atoms with Gasteiger partial charge in [0.2, 0.25) is 0 Å². The van der Waals surface area contributed by atoms with Gasteiger partial charge in [0.15, 0.2) is 0 Å². The minimum Gasteiger partial charge on any atom is -0.264 e. The van der Waals surface area contributed by atoms with Gasteiger partial charge >= 0.3 is 0 Å². The third-order valence-electron chi connectivity index (χ3n) is 0.936. The highest BCUT2D eigenvalue weighted by atomic mass is 35.5. The van der Waals surface area contributed by atoms with Gasteiger partial charge in [0.1, 0.15) is 4.84 Å². The van der Waals surface area contributed by atoms with E-state index in [0.717, 1.165) is 5.56 Å². The van der Waals surface area contributed by atoms with Gasteiger partial charge in [-0.3, -0.25) is 4.98 Å². The predicted octanol–water partition coefficient (Wildman–Crippen LogP) is 2.56. The van der Waals surface area contributed by atoms with Crippen LogP contribution in [-0.2, 0) is 0 Å². The molecular weight excluding hydrogens is 157 g/mol. The zero-order valence-electron chi connectivity index (χ0n) is 4.59. The molecule has 1 aromatic heterocycles. The van der Waals surface area contributed by atoms with E-state index in [9.17, 15) is 0 Å². The van der Waals surface area contributed by atoms with E-state index < -0.39 is 4.84 Å². The summed E-state index contributed by atoms with van der Waals surface area (Å²) in [5, 5.41) is 0. The third-order valence-corrected chi connectivity index (χ3v) is 1.44. The quantitative estimate of drug-likeness (QED) is 0.578. The molecule has 1 heterocycles. The first kappa shape index (κ1) is 6.84. The molecule has 1 nitrogen and oxygen atoms in total. The standard InChI is InChI=1S/C6H5Cl2N/c7-6(8)5-2-1-3-9-4-5/h1-4,6H. The molecule has 3 heteroatoms. The van der Waals surface area contributed by atoms with E-state index in [1.165, 1.54) is 0 Å². The fourth-order valence-corrected chi connectivity index (χ4v) is 0.763. The largest absolute Gasteiger partial charge is 0.264 e. The molecule has 0 saturated carbocycles. The van der Waals surface area contributed by atoms with E-state index in [2.05, 4.69) is 4.98 Å². The first-order valence-electron chi connectivity index (χ1n) is 2.49. The summed E-state index contributed by atoms with van der Waals surface area (Å²) in [6, 6.07) is 3.63. The van der Waals surface area contributed by atoms with E-state index in [0.29, 0.717) is 0 Å². The Morgan fingerprint density at radius 2 is 2.22 bits per heavy atom. The van der Waals surface area contributed by atoms with Crippen LogP contribution in [0.4, 0.5) is 0 Å². The van der Waals surface area contributed by atoms with Crippen molar-refractivity contribution in [3.8, 4) is 0 Å². The summed E-state index contributed by atoms with van der Waals surface area (Å²) in [6.07, 6.45) is 3.32. The van der Waals surface area contributed by atoms with Gasteiger partial charge < -0.3 is 0 Å². The van der Waals surface area contributed by atoms with Gasteiger partial charge in [0.25, 0.3) is 0 Å². The smallest absolute Gasteiger partial charge is 0.134 e. The highest BCUT2D eigenvalue weighted by molar-refractivity contribution is 6.44. The molecule has 1 aromatic rings. The number of nitrogens with zero attached hydrogens (tertiary/aromatic N) is 1. The van der Waals surface area contributed by atoms with Crippen LogP contribution in [0, 0.1) is 0 Å². The fourth-order valence-electron chi connectivity index (χ4n) is 0.505.